The smallest absolute Gasteiger partial charge is 0.119 e. The Balaban J connectivity index is 1.79. The topological polar surface area (TPSA) is 18.5 Å². The fourth-order valence-corrected chi connectivity index (χ4v) is 2.41. The van der Waals surface area contributed by atoms with Gasteiger partial charge < -0.3 is 9.47 Å². The third-order valence-electron chi connectivity index (χ3n) is 3.52. The Bertz CT molecular complexity index is 400. The minimum absolute atomic E-state index is 0.416. The summed E-state index contributed by atoms with van der Waals surface area (Å²) in [6.07, 6.45) is 10.6. The van der Waals surface area contributed by atoms with Crippen LogP contribution in [0, 0.1) is 5.92 Å². The van der Waals surface area contributed by atoms with Gasteiger partial charge >= 0.3 is 0 Å². The van der Waals surface area contributed by atoms with Gasteiger partial charge in [0.05, 0.1) is 19.0 Å². The SMILES string of the molecule is CC(C)COC=Cc1ccc(OC2CCCCC2)cc1. The van der Waals surface area contributed by atoms with Crippen molar-refractivity contribution >= 4 is 6.08 Å². The molecule has 0 aliphatic heterocycles. The summed E-state index contributed by atoms with van der Waals surface area (Å²) in [4.78, 5) is 0. The van der Waals surface area contributed by atoms with Gasteiger partial charge in [-0.1, -0.05) is 32.4 Å². The summed E-state index contributed by atoms with van der Waals surface area (Å²) in [5, 5.41) is 0. The molecule has 1 aliphatic rings. The van der Waals surface area contributed by atoms with Crippen molar-refractivity contribution in [2.75, 3.05) is 6.61 Å². The Kier molecular flexibility index (Phi) is 5.97. The zero-order valence-corrected chi connectivity index (χ0v) is 12.7. The van der Waals surface area contributed by atoms with Gasteiger partial charge in [-0.3, -0.25) is 0 Å². The molecule has 0 atom stereocenters. The minimum Gasteiger partial charge on any atom is -0.501 e. The van der Waals surface area contributed by atoms with E-state index in [0.29, 0.717) is 12.0 Å². The molecule has 0 bridgehead atoms. The molecule has 1 aromatic carbocycles. The van der Waals surface area contributed by atoms with E-state index in [9.17, 15) is 0 Å². The molecule has 2 nitrogen and oxygen atoms in total. The summed E-state index contributed by atoms with van der Waals surface area (Å²) >= 11 is 0. The van der Waals surface area contributed by atoms with Gasteiger partial charge in [-0.2, -0.15) is 0 Å². The molecule has 1 fully saturated rings. The van der Waals surface area contributed by atoms with Crippen molar-refractivity contribution in [2.45, 2.75) is 52.1 Å². The van der Waals surface area contributed by atoms with Crippen LogP contribution in [0.1, 0.15) is 51.5 Å². The third-order valence-corrected chi connectivity index (χ3v) is 3.52. The average molecular weight is 274 g/mol. The standard InChI is InChI=1S/C18H26O2/c1-15(2)14-19-13-12-16-8-10-18(11-9-16)20-17-6-4-3-5-7-17/h8-13,15,17H,3-7,14H2,1-2H3. The lowest BCUT2D eigenvalue weighted by Crippen LogP contribution is -2.19. The van der Waals surface area contributed by atoms with Crippen molar-refractivity contribution < 1.29 is 9.47 Å². The molecule has 0 amide bonds. The molecule has 1 aromatic rings. The Morgan fingerprint density at radius 3 is 2.45 bits per heavy atom. The lowest BCUT2D eigenvalue weighted by Gasteiger charge is -2.22. The maximum absolute atomic E-state index is 6.01. The molecule has 2 heteroatoms. The first-order valence-corrected chi connectivity index (χ1v) is 7.79. The van der Waals surface area contributed by atoms with Gasteiger partial charge in [0, 0.05) is 0 Å². The Labute approximate surface area is 122 Å². The average Bonchev–Trinajstić information content (AvgIpc) is 2.46. The van der Waals surface area contributed by atoms with E-state index in [0.717, 1.165) is 17.9 Å². The van der Waals surface area contributed by atoms with Crippen LogP contribution in [0.2, 0.25) is 0 Å². The minimum atomic E-state index is 0.416. The molecular formula is C18H26O2. The maximum atomic E-state index is 6.01. The number of rotatable bonds is 6. The highest BCUT2D eigenvalue weighted by molar-refractivity contribution is 5.49. The lowest BCUT2D eigenvalue weighted by atomic mass is 9.98. The Morgan fingerprint density at radius 2 is 1.80 bits per heavy atom. The monoisotopic (exact) mass is 274 g/mol. The van der Waals surface area contributed by atoms with Crippen molar-refractivity contribution in [3.8, 4) is 5.75 Å². The van der Waals surface area contributed by atoms with Crippen LogP contribution in [-0.4, -0.2) is 12.7 Å². The van der Waals surface area contributed by atoms with Crippen LogP contribution in [0.4, 0.5) is 0 Å². The summed E-state index contributed by atoms with van der Waals surface area (Å²) in [5.74, 6) is 1.54. The molecule has 110 valence electrons. The van der Waals surface area contributed by atoms with E-state index in [1.54, 1.807) is 6.26 Å². The van der Waals surface area contributed by atoms with E-state index >= 15 is 0 Å². The van der Waals surface area contributed by atoms with Crippen molar-refractivity contribution in [3.63, 3.8) is 0 Å². The van der Waals surface area contributed by atoms with E-state index in [2.05, 4.69) is 38.1 Å². The summed E-state index contributed by atoms with van der Waals surface area (Å²) in [7, 11) is 0. The molecular weight excluding hydrogens is 248 g/mol. The van der Waals surface area contributed by atoms with Crippen LogP contribution in [0.25, 0.3) is 6.08 Å². The van der Waals surface area contributed by atoms with Gasteiger partial charge in [0.25, 0.3) is 0 Å². The lowest BCUT2D eigenvalue weighted by molar-refractivity contribution is 0.155. The zero-order chi connectivity index (χ0) is 14.2. The Morgan fingerprint density at radius 1 is 1.10 bits per heavy atom. The molecule has 20 heavy (non-hydrogen) atoms. The summed E-state index contributed by atoms with van der Waals surface area (Å²) < 4.78 is 11.5. The predicted molar refractivity (Wildman–Crippen MR) is 83.8 cm³/mol. The van der Waals surface area contributed by atoms with Gasteiger partial charge in [0.2, 0.25) is 0 Å². The van der Waals surface area contributed by atoms with E-state index < -0.39 is 0 Å². The number of ether oxygens (including phenoxy) is 2. The predicted octanol–water partition coefficient (Wildman–Crippen LogP) is 5.04. The van der Waals surface area contributed by atoms with Crippen LogP contribution >= 0.6 is 0 Å². The number of hydrogen-bond donors (Lipinski definition) is 0. The maximum Gasteiger partial charge on any atom is 0.119 e. The zero-order valence-electron chi connectivity index (χ0n) is 12.7. The first-order valence-electron chi connectivity index (χ1n) is 7.79. The highest BCUT2D eigenvalue weighted by Gasteiger charge is 2.14. The van der Waals surface area contributed by atoms with Crippen LogP contribution in [0.15, 0.2) is 30.5 Å². The summed E-state index contributed by atoms with van der Waals surface area (Å²) in [6, 6.07) is 8.26. The largest absolute Gasteiger partial charge is 0.501 e. The third kappa shape index (κ3) is 5.28. The van der Waals surface area contributed by atoms with E-state index in [1.165, 1.54) is 32.1 Å². The molecule has 0 radical (unpaired) electrons. The summed E-state index contributed by atoms with van der Waals surface area (Å²) in [6.45, 7) is 5.05. The van der Waals surface area contributed by atoms with Gasteiger partial charge in [0.1, 0.15) is 5.75 Å². The van der Waals surface area contributed by atoms with Crippen LogP contribution < -0.4 is 4.74 Å². The van der Waals surface area contributed by atoms with Gasteiger partial charge in [0.15, 0.2) is 0 Å². The fourth-order valence-electron chi connectivity index (χ4n) is 2.41. The van der Waals surface area contributed by atoms with Gasteiger partial charge in [-0.25, -0.2) is 0 Å². The van der Waals surface area contributed by atoms with Crippen LogP contribution in [-0.2, 0) is 4.74 Å². The van der Waals surface area contributed by atoms with Gasteiger partial charge in [-0.05, 0) is 55.4 Å². The van der Waals surface area contributed by atoms with Crippen molar-refractivity contribution in [3.05, 3.63) is 36.1 Å². The first kappa shape index (κ1) is 15.0. The molecule has 0 heterocycles. The van der Waals surface area contributed by atoms with Crippen LogP contribution in [0.5, 0.6) is 5.75 Å². The molecule has 2 rings (SSSR count). The highest BCUT2D eigenvalue weighted by atomic mass is 16.5. The quantitative estimate of drug-likeness (QED) is 0.676. The Hall–Kier alpha value is -1.44. The molecule has 1 saturated carbocycles. The molecule has 1 aliphatic carbocycles. The number of hydrogen-bond acceptors (Lipinski definition) is 2. The van der Waals surface area contributed by atoms with Gasteiger partial charge in [-0.15, -0.1) is 0 Å². The van der Waals surface area contributed by atoms with Crippen molar-refractivity contribution in [1.82, 2.24) is 0 Å². The molecule has 0 unspecified atom stereocenters. The molecule has 0 aromatic heterocycles. The second kappa shape index (κ2) is 7.98. The van der Waals surface area contributed by atoms with Crippen LogP contribution in [0.3, 0.4) is 0 Å². The van der Waals surface area contributed by atoms with Crippen molar-refractivity contribution in [1.29, 1.82) is 0 Å². The number of benzene rings is 1. The molecule has 0 spiro atoms. The summed E-state index contributed by atoms with van der Waals surface area (Å²) in [5.41, 5.74) is 1.14. The normalized spacial score (nSPS) is 16.8. The molecule has 0 saturated heterocycles. The highest BCUT2D eigenvalue weighted by Crippen LogP contribution is 2.23. The fraction of sp³-hybridized carbons (Fsp3) is 0.556. The van der Waals surface area contributed by atoms with E-state index in [-0.39, 0.29) is 0 Å². The first-order chi connectivity index (χ1) is 9.74. The second-order valence-corrected chi connectivity index (χ2v) is 5.98. The van der Waals surface area contributed by atoms with E-state index in [1.807, 2.05) is 6.08 Å². The van der Waals surface area contributed by atoms with E-state index in [4.69, 9.17) is 9.47 Å². The second-order valence-electron chi connectivity index (χ2n) is 5.98. The molecule has 0 N–H and O–H groups in total. The van der Waals surface area contributed by atoms with Crippen molar-refractivity contribution in [2.24, 2.45) is 5.92 Å².